The van der Waals surface area contributed by atoms with Crippen LogP contribution in [0.3, 0.4) is 0 Å². The van der Waals surface area contributed by atoms with Crippen molar-refractivity contribution in [3.63, 3.8) is 0 Å². The van der Waals surface area contributed by atoms with E-state index in [-0.39, 0.29) is 11.4 Å². The zero-order valence-electron chi connectivity index (χ0n) is 9.34. The fourth-order valence-electron chi connectivity index (χ4n) is 1.23. The van der Waals surface area contributed by atoms with Crippen LogP contribution in [0.5, 0.6) is 0 Å². The molecule has 0 atom stereocenters. The number of nitro benzene ring substituents is 1. The maximum Gasteiger partial charge on any atom is 0.271 e. The van der Waals surface area contributed by atoms with E-state index < -0.39 is 32.8 Å². The van der Waals surface area contributed by atoms with Gasteiger partial charge in [0, 0.05) is 12.1 Å². The van der Waals surface area contributed by atoms with Crippen LogP contribution in [-0.4, -0.2) is 26.3 Å². The van der Waals surface area contributed by atoms with Crippen molar-refractivity contribution in [2.45, 2.75) is 11.3 Å². The number of hydrogen-bond acceptors (Lipinski definition) is 6. The molecule has 19 heavy (non-hydrogen) atoms. The number of non-ortho nitro benzene ring substituents is 1. The molecule has 4 N–H and O–H groups in total. The molecule has 106 valence electrons. The van der Waals surface area contributed by atoms with Gasteiger partial charge in [-0.15, -0.1) is 0 Å². The van der Waals surface area contributed by atoms with Gasteiger partial charge < -0.3 is 5.43 Å². The smallest absolute Gasteiger partial charge is 0.271 e. The van der Waals surface area contributed by atoms with Crippen molar-refractivity contribution in [2.24, 2.45) is 5.84 Å². The number of nitrogens with zero attached hydrogens (tertiary/aromatic N) is 1. The van der Waals surface area contributed by atoms with E-state index in [1.165, 1.54) is 0 Å². The summed E-state index contributed by atoms with van der Waals surface area (Å²) in [5.41, 5.74) is 1.32. The zero-order chi connectivity index (χ0) is 14.6. The minimum atomic E-state index is -4.24. The molecule has 0 unspecified atom stereocenters. The Morgan fingerprint density at radius 2 is 2.05 bits per heavy atom. The first kappa shape index (κ1) is 15.2. The largest absolute Gasteiger partial charge is 0.323 e. The summed E-state index contributed by atoms with van der Waals surface area (Å²) >= 11 is 0. The van der Waals surface area contributed by atoms with Gasteiger partial charge >= 0.3 is 0 Å². The quantitative estimate of drug-likeness (QED) is 0.396. The van der Waals surface area contributed by atoms with Crippen LogP contribution in [0.4, 0.5) is 20.2 Å². The Hall–Kier alpha value is -1.85. The Bertz CT molecular complexity index is 578. The highest BCUT2D eigenvalue weighted by Gasteiger charge is 2.22. The van der Waals surface area contributed by atoms with Gasteiger partial charge in [0.05, 0.1) is 17.2 Å². The number of halogens is 2. The molecule has 11 heteroatoms. The second kappa shape index (κ2) is 5.86. The van der Waals surface area contributed by atoms with Crippen molar-refractivity contribution in [2.75, 3.05) is 12.0 Å². The highest BCUT2D eigenvalue weighted by Crippen LogP contribution is 2.25. The molecule has 1 aromatic rings. The van der Waals surface area contributed by atoms with Crippen LogP contribution in [0.1, 0.15) is 0 Å². The van der Waals surface area contributed by atoms with Gasteiger partial charge in [0.25, 0.3) is 12.1 Å². The van der Waals surface area contributed by atoms with Crippen molar-refractivity contribution < 1.29 is 22.1 Å². The van der Waals surface area contributed by atoms with Gasteiger partial charge in [-0.3, -0.25) is 16.0 Å². The lowest BCUT2D eigenvalue weighted by atomic mass is 10.3. The molecule has 1 aromatic carbocycles. The Balaban J connectivity index is 3.16. The molecular formula is C8H10F2N4O4S. The Kier molecular flexibility index (Phi) is 4.69. The first-order valence-corrected chi connectivity index (χ1v) is 6.29. The standard InChI is InChI=1S/C8H10F2N4O4S/c9-8(10)4-12-19(17,18)7-2-1-5(14(15)16)3-6(7)13-11/h1-3,8,12-13H,4,11H2. The third-order valence-electron chi connectivity index (χ3n) is 2.05. The van der Waals surface area contributed by atoms with E-state index in [2.05, 4.69) is 0 Å². The van der Waals surface area contributed by atoms with E-state index >= 15 is 0 Å². The molecule has 0 fully saturated rings. The Morgan fingerprint density at radius 3 is 2.53 bits per heavy atom. The average Bonchev–Trinajstić information content (AvgIpc) is 2.35. The minimum Gasteiger partial charge on any atom is -0.323 e. The molecule has 0 aliphatic rings. The lowest BCUT2D eigenvalue weighted by Crippen LogP contribution is -2.29. The second-order valence-corrected chi connectivity index (χ2v) is 5.06. The number of hydrogen-bond donors (Lipinski definition) is 3. The van der Waals surface area contributed by atoms with Gasteiger partial charge in [0.1, 0.15) is 4.90 Å². The second-order valence-electron chi connectivity index (χ2n) is 3.32. The maximum absolute atomic E-state index is 12.0. The van der Waals surface area contributed by atoms with E-state index in [9.17, 15) is 27.3 Å². The molecule has 0 amide bonds. The van der Waals surface area contributed by atoms with Crippen molar-refractivity contribution >= 4 is 21.4 Å². The number of benzene rings is 1. The molecule has 0 aliphatic carbocycles. The fourth-order valence-corrected chi connectivity index (χ4v) is 2.38. The Labute approximate surface area is 106 Å². The topological polar surface area (TPSA) is 127 Å². The van der Waals surface area contributed by atoms with Crippen LogP contribution in [0, 0.1) is 10.1 Å². The molecule has 0 saturated heterocycles. The predicted octanol–water partition coefficient (Wildman–Crippen LogP) is 0.424. The number of sulfonamides is 1. The summed E-state index contributed by atoms with van der Waals surface area (Å²) in [4.78, 5) is 9.31. The molecule has 1 rings (SSSR count). The average molecular weight is 296 g/mol. The molecule has 0 spiro atoms. The van der Waals surface area contributed by atoms with Crippen molar-refractivity contribution in [1.29, 1.82) is 0 Å². The Morgan fingerprint density at radius 1 is 1.42 bits per heavy atom. The number of anilines is 1. The van der Waals surface area contributed by atoms with Gasteiger partial charge in [-0.05, 0) is 6.07 Å². The molecule has 0 aliphatic heterocycles. The SMILES string of the molecule is NNc1cc([N+](=O)[O-])ccc1S(=O)(=O)NCC(F)F. The molecule has 8 nitrogen and oxygen atoms in total. The summed E-state index contributed by atoms with van der Waals surface area (Å²) in [6.45, 7) is -1.07. The number of hydrazine groups is 1. The summed E-state index contributed by atoms with van der Waals surface area (Å²) in [5, 5.41) is 10.5. The molecule has 0 heterocycles. The van der Waals surface area contributed by atoms with Crippen LogP contribution in [0.25, 0.3) is 0 Å². The van der Waals surface area contributed by atoms with Crippen LogP contribution in [-0.2, 0) is 10.0 Å². The number of nitrogen functional groups attached to an aromatic ring is 1. The van der Waals surface area contributed by atoms with Crippen molar-refractivity contribution in [3.05, 3.63) is 28.3 Å². The van der Waals surface area contributed by atoms with Crippen LogP contribution < -0.4 is 16.0 Å². The number of nitrogens with two attached hydrogens (primary N) is 1. The van der Waals surface area contributed by atoms with Gasteiger partial charge in [-0.25, -0.2) is 21.9 Å². The number of rotatable bonds is 6. The van der Waals surface area contributed by atoms with Crippen LogP contribution in [0.2, 0.25) is 0 Å². The number of alkyl halides is 2. The zero-order valence-corrected chi connectivity index (χ0v) is 10.2. The number of nitrogens with one attached hydrogen (secondary N) is 2. The lowest BCUT2D eigenvalue weighted by Gasteiger charge is -2.10. The van der Waals surface area contributed by atoms with E-state index in [0.29, 0.717) is 0 Å². The van der Waals surface area contributed by atoms with Crippen LogP contribution >= 0.6 is 0 Å². The summed E-state index contributed by atoms with van der Waals surface area (Å²) in [7, 11) is -4.24. The van der Waals surface area contributed by atoms with Gasteiger partial charge in [0.15, 0.2) is 0 Å². The minimum absolute atomic E-state index is 0.268. The molecule has 0 aromatic heterocycles. The summed E-state index contributed by atoms with van der Waals surface area (Å²) in [5.74, 6) is 5.06. The van der Waals surface area contributed by atoms with Gasteiger partial charge in [-0.2, -0.15) is 0 Å². The normalized spacial score (nSPS) is 11.6. The fraction of sp³-hybridized carbons (Fsp3) is 0.250. The van der Waals surface area contributed by atoms with E-state index in [1.807, 2.05) is 5.43 Å². The van der Waals surface area contributed by atoms with E-state index in [0.717, 1.165) is 18.2 Å². The summed E-state index contributed by atoms with van der Waals surface area (Å²) in [6, 6.07) is 2.72. The van der Waals surface area contributed by atoms with E-state index in [4.69, 9.17) is 5.84 Å². The highest BCUT2D eigenvalue weighted by atomic mass is 32.2. The molecule has 0 saturated carbocycles. The lowest BCUT2D eigenvalue weighted by molar-refractivity contribution is -0.384. The predicted molar refractivity (Wildman–Crippen MR) is 62.1 cm³/mol. The highest BCUT2D eigenvalue weighted by molar-refractivity contribution is 7.89. The number of nitro groups is 1. The third-order valence-corrected chi connectivity index (χ3v) is 3.53. The first-order valence-electron chi connectivity index (χ1n) is 4.81. The monoisotopic (exact) mass is 296 g/mol. The van der Waals surface area contributed by atoms with Crippen molar-refractivity contribution in [1.82, 2.24) is 4.72 Å². The van der Waals surface area contributed by atoms with Crippen molar-refractivity contribution in [3.8, 4) is 0 Å². The van der Waals surface area contributed by atoms with E-state index in [1.54, 1.807) is 4.72 Å². The maximum atomic E-state index is 12.0. The molecule has 0 radical (unpaired) electrons. The summed E-state index contributed by atoms with van der Waals surface area (Å²) < 4.78 is 49.0. The third kappa shape index (κ3) is 3.81. The van der Waals surface area contributed by atoms with Gasteiger partial charge in [0.2, 0.25) is 10.0 Å². The van der Waals surface area contributed by atoms with Crippen LogP contribution in [0.15, 0.2) is 23.1 Å². The first-order chi connectivity index (χ1) is 8.77. The molecule has 0 bridgehead atoms. The van der Waals surface area contributed by atoms with Gasteiger partial charge in [-0.1, -0.05) is 0 Å². The molecular weight excluding hydrogens is 286 g/mol. The summed E-state index contributed by atoms with van der Waals surface area (Å²) in [6.07, 6.45) is -2.86.